The van der Waals surface area contributed by atoms with E-state index in [1.54, 1.807) is 36.5 Å². The van der Waals surface area contributed by atoms with Gasteiger partial charge in [0.1, 0.15) is 6.07 Å². The van der Waals surface area contributed by atoms with E-state index in [9.17, 15) is 13.7 Å². The Morgan fingerprint density at radius 1 is 1.29 bits per heavy atom. The summed E-state index contributed by atoms with van der Waals surface area (Å²) in [6, 6.07) is 12.1. The third kappa shape index (κ3) is 2.73. The zero-order valence-electron chi connectivity index (χ0n) is 13.0. The molecule has 0 saturated heterocycles. The fourth-order valence-electron chi connectivity index (χ4n) is 2.64. The van der Waals surface area contributed by atoms with Gasteiger partial charge in [0.05, 0.1) is 21.7 Å². The van der Waals surface area contributed by atoms with Crippen molar-refractivity contribution in [2.45, 2.75) is 18.4 Å². The molecule has 3 aromatic rings. The molecular weight excluding hydrogens is 324 g/mol. The number of aromatic amines is 1. The molecule has 0 atom stereocenters. The zero-order chi connectivity index (χ0) is 17.3. The largest absolute Gasteiger partial charge is 0.358 e. The van der Waals surface area contributed by atoms with Crippen molar-refractivity contribution in [3.8, 4) is 6.07 Å². The van der Waals surface area contributed by atoms with Crippen molar-refractivity contribution >= 4 is 26.6 Å². The Morgan fingerprint density at radius 3 is 2.79 bits per heavy atom. The van der Waals surface area contributed by atoms with Crippen LogP contribution in [0.1, 0.15) is 16.7 Å². The fourth-order valence-corrected chi connectivity index (χ4v) is 3.78. The first kappa shape index (κ1) is 16.1. The number of benzene rings is 2. The van der Waals surface area contributed by atoms with E-state index in [4.69, 9.17) is 5.73 Å². The zero-order valence-corrected chi connectivity index (χ0v) is 13.8. The van der Waals surface area contributed by atoms with E-state index in [-0.39, 0.29) is 11.4 Å². The number of nitrogens with one attached hydrogen (secondary N) is 2. The van der Waals surface area contributed by atoms with Gasteiger partial charge in [-0.25, -0.2) is 8.42 Å². The Bertz CT molecular complexity index is 1060. The molecule has 6 nitrogen and oxygen atoms in total. The van der Waals surface area contributed by atoms with Gasteiger partial charge >= 0.3 is 0 Å². The molecular formula is C17H16N4O2S. The number of H-pyrrole nitrogens is 1. The second-order valence-corrected chi connectivity index (χ2v) is 7.13. The summed E-state index contributed by atoms with van der Waals surface area (Å²) in [4.78, 5) is 3.12. The number of nitriles is 1. The van der Waals surface area contributed by atoms with Gasteiger partial charge in [0.15, 0.2) is 0 Å². The lowest BCUT2D eigenvalue weighted by Crippen LogP contribution is -2.14. The average molecular weight is 340 g/mol. The van der Waals surface area contributed by atoms with E-state index in [2.05, 4.69) is 15.8 Å². The molecule has 0 saturated carbocycles. The molecule has 0 aliphatic heterocycles. The molecule has 0 amide bonds. The molecule has 3 rings (SSSR count). The number of rotatable bonds is 4. The van der Waals surface area contributed by atoms with Crippen molar-refractivity contribution in [1.29, 1.82) is 5.26 Å². The standard InChI is InChI=1S/C17H16N4O2S/c1-11-5-6-15(17-16(11)13(9-19)10-20-17)21-24(22,23)14-4-2-3-12(7-14)8-18/h2-7,10,20-21H,8,18H2,1H3. The summed E-state index contributed by atoms with van der Waals surface area (Å²) in [6.07, 6.45) is 1.57. The van der Waals surface area contributed by atoms with Crippen LogP contribution in [-0.4, -0.2) is 13.4 Å². The minimum atomic E-state index is -3.76. The Morgan fingerprint density at radius 2 is 2.08 bits per heavy atom. The lowest BCUT2D eigenvalue weighted by atomic mass is 10.1. The highest BCUT2D eigenvalue weighted by atomic mass is 32.2. The lowest BCUT2D eigenvalue weighted by molar-refractivity contribution is 0.601. The SMILES string of the molecule is Cc1ccc(NS(=O)(=O)c2cccc(CN)c2)c2[nH]cc(C#N)c12. The summed E-state index contributed by atoms with van der Waals surface area (Å²) in [5.41, 5.74) is 8.67. The molecule has 0 aliphatic rings. The number of sulfonamides is 1. The van der Waals surface area contributed by atoms with Gasteiger partial charge in [0, 0.05) is 18.1 Å². The Kier molecular flexibility index (Phi) is 4.01. The van der Waals surface area contributed by atoms with Crippen LogP contribution < -0.4 is 10.5 Å². The van der Waals surface area contributed by atoms with E-state index < -0.39 is 10.0 Å². The summed E-state index contributed by atoms with van der Waals surface area (Å²) in [5.74, 6) is 0. The van der Waals surface area contributed by atoms with Crippen LogP contribution in [-0.2, 0) is 16.6 Å². The maximum atomic E-state index is 12.6. The molecule has 4 N–H and O–H groups in total. The quantitative estimate of drug-likeness (QED) is 0.677. The maximum absolute atomic E-state index is 12.6. The van der Waals surface area contributed by atoms with E-state index in [1.165, 1.54) is 6.07 Å². The molecule has 0 spiro atoms. The predicted molar refractivity (Wildman–Crippen MR) is 92.9 cm³/mol. The normalized spacial score (nSPS) is 11.4. The number of aryl methyl sites for hydroxylation is 1. The second kappa shape index (κ2) is 6.00. The number of hydrogen-bond donors (Lipinski definition) is 3. The highest BCUT2D eigenvalue weighted by molar-refractivity contribution is 7.92. The summed E-state index contributed by atoms with van der Waals surface area (Å²) in [6.45, 7) is 2.14. The minimum absolute atomic E-state index is 0.145. The van der Waals surface area contributed by atoms with Gasteiger partial charge in [-0.3, -0.25) is 4.72 Å². The molecule has 0 radical (unpaired) electrons. The number of hydrogen-bond acceptors (Lipinski definition) is 4. The molecule has 0 bridgehead atoms. The van der Waals surface area contributed by atoms with E-state index in [0.717, 1.165) is 11.1 Å². The van der Waals surface area contributed by atoms with Crippen LogP contribution >= 0.6 is 0 Å². The van der Waals surface area contributed by atoms with Crippen LogP contribution in [0.25, 0.3) is 10.9 Å². The highest BCUT2D eigenvalue weighted by Gasteiger charge is 2.18. The number of nitrogens with zero attached hydrogens (tertiary/aromatic N) is 1. The third-order valence-corrected chi connectivity index (χ3v) is 5.22. The maximum Gasteiger partial charge on any atom is 0.261 e. The van der Waals surface area contributed by atoms with Crippen LogP contribution in [0.15, 0.2) is 47.5 Å². The molecule has 0 fully saturated rings. The second-order valence-electron chi connectivity index (χ2n) is 5.45. The molecule has 2 aromatic carbocycles. The van der Waals surface area contributed by atoms with Crippen LogP contribution in [0.5, 0.6) is 0 Å². The van der Waals surface area contributed by atoms with Crippen LogP contribution in [0.4, 0.5) is 5.69 Å². The van der Waals surface area contributed by atoms with Gasteiger partial charge in [0.2, 0.25) is 0 Å². The third-order valence-electron chi connectivity index (χ3n) is 3.85. The molecule has 24 heavy (non-hydrogen) atoms. The van der Waals surface area contributed by atoms with E-state index in [1.807, 2.05) is 6.92 Å². The summed E-state index contributed by atoms with van der Waals surface area (Å²) < 4.78 is 27.9. The average Bonchev–Trinajstić information content (AvgIpc) is 3.02. The molecule has 1 heterocycles. The smallest absolute Gasteiger partial charge is 0.261 e. The first-order valence-corrected chi connectivity index (χ1v) is 8.77. The molecule has 122 valence electrons. The van der Waals surface area contributed by atoms with Crippen LogP contribution in [0, 0.1) is 18.3 Å². The van der Waals surface area contributed by atoms with Crippen molar-refractivity contribution in [3.63, 3.8) is 0 Å². The van der Waals surface area contributed by atoms with E-state index >= 15 is 0 Å². The highest BCUT2D eigenvalue weighted by Crippen LogP contribution is 2.30. The predicted octanol–water partition coefficient (Wildman–Crippen LogP) is 2.61. The topological polar surface area (TPSA) is 112 Å². The van der Waals surface area contributed by atoms with Crippen molar-refractivity contribution < 1.29 is 8.42 Å². The Labute approximate surface area is 140 Å². The fraction of sp³-hybridized carbons (Fsp3) is 0.118. The van der Waals surface area contributed by atoms with Gasteiger partial charge < -0.3 is 10.7 Å². The lowest BCUT2D eigenvalue weighted by Gasteiger charge is -2.11. The molecule has 7 heteroatoms. The Balaban J connectivity index is 2.08. The van der Waals surface area contributed by atoms with Gasteiger partial charge in [-0.15, -0.1) is 0 Å². The molecule has 1 aromatic heterocycles. The number of nitrogens with two attached hydrogens (primary N) is 1. The van der Waals surface area contributed by atoms with Crippen LogP contribution in [0.2, 0.25) is 0 Å². The molecule has 0 unspecified atom stereocenters. The number of fused-ring (bicyclic) bond motifs is 1. The van der Waals surface area contributed by atoms with Crippen molar-refractivity contribution in [2.75, 3.05) is 4.72 Å². The van der Waals surface area contributed by atoms with Crippen molar-refractivity contribution in [2.24, 2.45) is 5.73 Å². The van der Waals surface area contributed by atoms with Gasteiger partial charge in [-0.1, -0.05) is 18.2 Å². The number of anilines is 1. The monoisotopic (exact) mass is 340 g/mol. The summed E-state index contributed by atoms with van der Waals surface area (Å²) >= 11 is 0. The van der Waals surface area contributed by atoms with Crippen molar-refractivity contribution in [1.82, 2.24) is 4.98 Å². The van der Waals surface area contributed by atoms with Gasteiger partial charge in [0.25, 0.3) is 10.0 Å². The first-order chi connectivity index (χ1) is 11.5. The molecule has 0 aliphatic carbocycles. The van der Waals surface area contributed by atoms with Crippen LogP contribution in [0.3, 0.4) is 0 Å². The van der Waals surface area contributed by atoms with Crippen molar-refractivity contribution in [3.05, 3.63) is 59.3 Å². The van der Waals surface area contributed by atoms with Gasteiger partial charge in [-0.05, 0) is 36.2 Å². The summed E-state index contributed by atoms with van der Waals surface area (Å²) in [5, 5.41) is 9.90. The number of aromatic nitrogens is 1. The first-order valence-electron chi connectivity index (χ1n) is 7.29. The van der Waals surface area contributed by atoms with Gasteiger partial charge in [-0.2, -0.15) is 5.26 Å². The minimum Gasteiger partial charge on any atom is -0.358 e. The summed E-state index contributed by atoms with van der Waals surface area (Å²) in [7, 11) is -3.76. The Hall–Kier alpha value is -2.82. The van der Waals surface area contributed by atoms with E-state index in [0.29, 0.717) is 22.2 Å².